The van der Waals surface area contributed by atoms with E-state index in [2.05, 4.69) is 26.5 Å². The number of hydrogen-bond acceptors (Lipinski definition) is 7. The van der Waals surface area contributed by atoms with E-state index in [9.17, 15) is 30.1 Å². The number of aromatic hydroxyl groups is 1. The van der Waals surface area contributed by atoms with Crippen molar-refractivity contribution in [1.82, 2.24) is 5.43 Å². The summed E-state index contributed by atoms with van der Waals surface area (Å²) in [6, 6.07) is 7.21. The Labute approximate surface area is 148 Å². The molecule has 0 unspecified atom stereocenters. The predicted molar refractivity (Wildman–Crippen MR) is 90.6 cm³/mol. The van der Waals surface area contributed by atoms with Crippen LogP contribution in [0, 0.1) is 20.2 Å². The number of rotatable bonds is 5. The highest BCUT2D eigenvalue weighted by atomic mass is 79.9. The van der Waals surface area contributed by atoms with Crippen molar-refractivity contribution in [1.29, 1.82) is 0 Å². The average molecular weight is 409 g/mol. The molecule has 0 fully saturated rings. The number of phenols is 1. The molecular weight excluding hydrogens is 400 g/mol. The van der Waals surface area contributed by atoms with E-state index < -0.39 is 15.8 Å². The number of carbonyl (C=O) groups excluding carboxylic acids is 1. The molecule has 0 aromatic heterocycles. The average Bonchev–Trinajstić information content (AvgIpc) is 2.58. The molecule has 25 heavy (non-hydrogen) atoms. The molecule has 0 saturated carbocycles. The van der Waals surface area contributed by atoms with Gasteiger partial charge in [0.15, 0.2) is 0 Å². The number of halogens is 1. The third-order valence-electron chi connectivity index (χ3n) is 2.98. The molecule has 0 heterocycles. The molecule has 1 amide bonds. The van der Waals surface area contributed by atoms with Crippen LogP contribution in [0.1, 0.15) is 15.9 Å². The lowest BCUT2D eigenvalue weighted by Crippen LogP contribution is -2.17. The molecule has 0 aliphatic heterocycles. The fraction of sp³-hybridized carbons (Fsp3) is 0. The summed E-state index contributed by atoms with van der Waals surface area (Å²) in [7, 11) is 0. The molecule has 10 nitrogen and oxygen atoms in total. The van der Waals surface area contributed by atoms with Crippen molar-refractivity contribution in [2.24, 2.45) is 5.10 Å². The molecule has 2 aromatic carbocycles. The molecular formula is C14H9BrN4O6. The van der Waals surface area contributed by atoms with E-state index in [-0.39, 0.29) is 32.7 Å². The van der Waals surface area contributed by atoms with Gasteiger partial charge in [-0.3, -0.25) is 25.0 Å². The van der Waals surface area contributed by atoms with Crippen LogP contribution in [0.3, 0.4) is 0 Å². The Morgan fingerprint density at radius 2 is 1.84 bits per heavy atom. The molecule has 11 heteroatoms. The summed E-state index contributed by atoms with van der Waals surface area (Å²) in [4.78, 5) is 32.1. The first-order chi connectivity index (χ1) is 11.8. The molecule has 0 radical (unpaired) electrons. The van der Waals surface area contributed by atoms with Gasteiger partial charge in [0.05, 0.1) is 20.5 Å². The highest BCUT2D eigenvalue weighted by Gasteiger charge is 2.14. The van der Waals surface area contributed by atoms with Gasteiger partial charge in [-0.05, 0) is 22.0 Å². The van der Waals surface area contributed by atoms with E-state index in [1.807, 2.05) is 0 Å². The van der Waals surface area contributed by atoms with Crippen LogP contribution in [-0.4, -0.2) is 27.1 Å². The fourth-order valence-electron chi connectivity index (χ4n) is 1.79. The zero-order valence-corrected chi connectivity index (χ0v) is 13.8. The third kappa shape index (κ3) is 4.35. The van der Waals surface area contributed by atoms with Gasteiger partial charge >= 0.3 is 0 Å². The predicted octanol–water partition coefficient (Wildman–Crippen LogP) is 2.74. The minimum atomic E-state index is -0.719. The van der Waals surface area contributed by atoms with Crippen LogP contribution in [0.5, 0.6) is 5.75 Å². The Kier molecular flexibility index (Phi) is 5.39. The summed E-state index contributed by atoms with van der Waals surface area (Å²) in [5, 5.41) is 34.9. The van der Waals surface area contributed by atoms with Gasteiger partial charge in [-0.1, -0.05) is 6.07 Å². The number of hydrazone groups is 1. The van der Waals surface area contributed by atoms with Crippen molar-refractivity contribution >= 4 is 39.4 Å². The normalized spacial score (nSPS) is 10.6. The van der Waals surface area contributed by atoms with Crippen LogP contribution >= 0.6 is 15.9 Å². The Hall–Kier alpha value is -3.34. The first kappa shape index (κ1) is 18.0. The van der Waals surface area contributed by atoms with Crippen molar-refractivity contribution in [2.45, 2.75) is 0 Å². The van der Waals surface area contributed by atoms with E-state index >= 15 is 0 Å². The summed E-state index contributed by atoms with van der Waals surface area (Å²) in [6.07, 6.45) is 1.02. The second kappa shape index (κ2) is 7.49. The highest BCUT2D eigenvalue weighted by molar-refractivity contribution is 9.10. The lowest BCUT2D eigenvalue weighted by Gasteiger charge is -2.03. The second-order valence-corrected chi connectivity index (χ2v) is 5.48. The van der Waals surface area contributed by atoms with Crippen LogP contribution < -0.4 is 5.43 Å². The molecule has 2 N–H and O–H groups in total. The van der Waals surface area contributed by atoms with Crippen LogP contribution in [-0.2, 0) is 0 Å². The topological polar surface area (TPSA) is 148 Å². The zero-order valence-electron chi connectivity index (χ0n) is 12.2. The molecule has 0 aliphatic carbocycles. The lowest BCUT2D eigenvalue weighted by molar-refractivity contribution is -0.385. The maximum atomic E-state index is 11.9. The molecule has 0 atom stereocenters. The number of hydrogen-bond donors (Lipinski definition) is 2. The van der Waals surface area contributed by atoms with Crippen molar-refractivity contribution in [3.05, 3.63) is 72.2 Å². The largest absolute Gasteiger partial charge is 0.506 e. The number of nitrogens with one attached hydrogen (secondary N) is 1. The van der Waals surface area contributed by atoms with Crippen LogP contribution in [0.25, 0.3) is 0 Å². The van der Waals surface area contributed by atoms with Gasteiger partial charge in [0.1, 0.15) is 5.75 Å². The SMILES string of the molecule is O=C(NN=Cc1cc([N+](=O)[O-])cc(Br)c1O)c1cccc([N+](=O)[O-])c1. The monoisotopic (exact) mass is 408 g/mol. The Bertz CT molecular complexity index is 899. The Balaban J connectivity index is 2.18. The fourth-order valence-corrected chi connectivity index (χ4v) is 2.26. The maximum Gasteiger partial charge on any atom is 0.271 e. The van der Waals surface area contributed by atoms with E-state index in [1.54, 1.807) is 0 Å². The molecule has 0 aliphatic rings. The van der Waals surface area contributed by atoms with Gasteiger partial charge in [-0.25, -0.2) is 5.43 Å². The first-order valence-electron chi connectivity index (χ1n) is 6.54. The summed E-state index contributed by atoms with van der Waals surface area (Å²) in [6.45, 7) is 0. The number of nitrogens with zero attached hydrogens (tertiary/aromatic N) is 3. The third-order valence-corrected chi connectivity index (χ3v) is 3.58. The van der Waals surface area contributed by atoms with Crippen molar-refractivity contribution < 1.29 is 19.7 Å². The summed E-state index contributed by atoms with van der Waals surface area (Å²) in [5.74, 6) is -1.01. The quantitative estimate of drug-likeness (QED) is 0.441. The molecule has 2 aromatic rings. The van der Waals surface area contributed by atoms with Crippen molar-refractivity contribution in [2.75, 3.05) is 0 Å². The number of amides is 1. The van der Waals surface area contributed by atoms with Crippen LogP contribution in [0.4, 0.5) is 11.4 Å². The standard InChI is InChI=1S/C14H9BrN4O6/c15-12-6-11(19(24)25)5-9(13(12)20)7-16-17-14(21)8-2-1-3-10(4-8)18(22)23/h1-7,20H,(H,17,21). The highest BCUT2D eigenvalue weighted by Crippen LogP contribution is 2.31. The smallest absolute Gasteiger partial charge is 0.271 e. The van der Waals surface area contributed by atoms with Gasteiger partial charge in [-0.2, -0.15) is 5.10 Å². The van der Waals surface area contributed by atoms with E-state index in [0.29, 0.717) is 0 Å². The number of nitro benzene ring substituents is 2. The molecule has 0 bridgehead atoms. The van der Waals surface area contributed by atoms with Crippen LogP contribution in [0.2, 0.25) is 0 Å². The lowest BCUT2D eigenvalue weighted by atomic mass is 10.2. The van der Waals surface area contributed by atoms with Crippen molar-refractivity contribution in [3.8, 4) is 5.75 Å². The molecule has 0 spiro atoms. The van der Waals surface area contributed by atoms with E-state index in [1.165, 1.54) is 18.2 Å². The van der Waals surface area contributed by atoms with E-state index in [0.717, 1.165) is 24.4 Å². The van der Waals surface area contributed by atoms with Gasteiger partial charge in [0, 0.05) is 35.4 Å². The van der Waals surface area contributed by atoms with Gasteiger partial charge in [0.25, 0.3) is 17.3 Å². The Morgan fingerprint density at radius 3 is 2.48 bits per heavy atom. The minimum Gasteiger partial charge on any atom is -0.506 e. The maximum absolute atomic E-state index is 11.9. The van der Waals surface area contributed by atoms with Gasteiger partial charge < -0.3 is 5.11 Å². The van der Waals surface area contributed by atoms with Gasteiger partial charge in [-0.15, -0.1) is 0 Å². The van der Waals surface area contributed by atoms with Crippen molar-refractivity contribution in [3.63, 3.8) is 0 Å². The second-order valence-electron chi connectivity index (χ2n) is 4.63. The minimum absolute atomic E-state index is 0.000386. The zero-order chi connectivity index (χ0) is 18.6. The number of non-ortho nitro benzene ring substituents is 2. The molecule has 2 rings (SSSR count). The summed E-state index contributed by atoms with van der Waals surface area (Å²) in [5.41, 5.74) is 1.60. The summed E-state index contributed by atoms with van der Waals surface area (Å²) >= 11 is 2.98. The number of carbonyl (C=O) groups is 1. The van der Waals surface area contributed by atoms with E-state index in [4.69, 9.17) is 0 Å². The van der Waals surface area contributed by atoms with Gasteiger partial charge in [0.2, 0.25) is 0 Å². The number of nitro groups is 2. The molecule has 0 saturated heterocycles. The summed E-state index contributed by atoms with van der Waals surface area (Å²) < 4.78 is 0.0909. The Morgan fingerprint density at radius 1 is 1.16 bits per heavy atom. The molecule has 128 valence electrons. The van der Waals surface area contributed by atoms with Crippen LogP contribution in [0.15, 0.2) is 46.0 Å². The number of benzene rings is 2. The first-order valence-corrected chi connectivity index (χ1v) is 7.33. The number of phenolic OH excluding ortho intramolecular Hbond substituents is 1.